The molecule has 7 heteroatoms. The van der Waals surface area contributed by atoms with Gasteiger partial charge in [-0.3, -0.25) is 14.9 Å². The molecule has 0 saturated heterocycles. The van der Waals surface area contributed by atoms with Crippen molar-refractivity contribution < 1.29 is 9.72 Å². The molecule has 0 spiro atoms. The lowest BCUT2D eigenvalue weighted by Crippen LogP contribution is -2.42. The highest BCUT2D eigenvalue weighted by atomic mass is 16.6. The van der Waals surface area contributed by atoms with E-state index in [0.717, 1.165) is 19.3 Å². The number of hydrogen-bond donors (Lipinski definition) is 1. The predicted octanol–water partition coefficient (Wildman–Crippen LogP) is 1.13. The Morgan fingerprint density at radius 1 is 1.60 bits per heavy atom. The fraction of sp³-hybridized carbons (Fsp3) is 0.615. The highest BCUT2D eigenvalue weighted by Gasteiger charge is 2.33. The molecule has 1 fully saturated rings. The minimum absolute atomic E-state index is 0.0638. The zero-order valence-corrected chi connectivity index (χ0v) is 11.8. The Morgan fingerprint density at radius 3 is 2.85 bits per heavy atom. The number of aryl methyl sites for hydroxylation is 1. The van der Waals surface area contributed by atoms with Crippen LogP contribution < -0.4 is 5.73 Å². The van der Waals surface area contributed by atoms with Crippen molar-refractivity contribution in [3.63, 3.8) is 0 Å². The van der Waals surface area contributed by atoms with Crippen LogP contribution in [0.4, 0.5) is 5.69 Å². The molecule has 0 aromatic carbocycles. The molecule has 1 aromatic rings. The molecular weight excluding hydrogens is 260 g/mol. The molecule has 20 heavy (non-hydrogen) atoms. The molecule has 2 unspecified atom stereocenters. The van der Waals surface area contributed by atoms with E-state index in [0.29, 0.717) is 18.2 Å². The maximum atomic E-state index is 12.5. The second-order valence-corrected chi connectivity index (χ2v) is 5.36. The Balaban J connectivity index is 2.20. The van der Waals surface area contributed by atoms with Gasteiger partial charge in [0.1, 0.15) is 5.69 Å². The summed E-state index contributed by atoms with van der Waals surface area (Å²) in [5, 5.41) is 10.8. The number of carbonyl (C=O) groups excluding carboxylic acids is 1. The standard InChI is InChI=1S/C13H20N4O3/c1-15-8-10(17(19)20)6-12(15)13(18)16(2)11-5-3-4-9(11)7-14/h6,8-9,11H,3-5,7,14H2,1-2H3. The number of nitro groups is 1. The first-order chi connectivity index (χ1) is 9.45. The van der Waals surface area contributed by atoms with Crippen molar-refractivity contribution in [3.05, 3.63) is 28.1 Å². The number of hydrogen-bond acceptors (Lipinski definition) is 4. The van der Waals surface area contributed by atoms with E-state index >= 15 is 0 Å². The monoisotopic (exact) mass is 280 g/mol. The highest BCUT2D eigenvalue weighted by molar-refractivity contribution is 5.93. The Labute approximate surface area is 117 Å². The van der Waals surface area contributed by atoms with Gasteiger partial charge < -0.3 is 15.2 Å². The van der Waals surface area contributed by atoms with Gasteiger partial charge in [-0.15, -0.1) is 0 Å². The number of nitrogens with zero attached hydrogens (tertiary/aromatic N) is 3. The molecular formula is C13H20N4O3. The fourth-order valence-electron chi connectivity index (χ4n) is 2.99. The van der Waals surface area contributed by atoms with Gasteiger partial charge in [-0.1, -0.05) is 6.42 Å². The predicted molar refractivity (Wildman–Crippen MR) is 74.3 cm³/mol. The average molecular weight is 280 g/mol. The summed E-state index contributed by atoms with van der Waals surface area (Å²) in [5.41, 5.74) is 6.01. The second-order valence-electron chi connectivity index (χ2n) is 5.36. The summed E-state index contributed by atoms with van der Waals surface area (Å²) in [7, 11) is 3.39. The lowest BCUT2D eigenvalue weighted by Gasteiger charge is -2.29. The molecule has 1 saturated carbocycles. The van der Waals surface area contributed by atoms with Gasteiger partial charge in [0.2, 0.25) is 0 Å². The Hall–Kier alpha value is -1.89. The average Bonchev–Trinajstić information content (AvgIpc) is 3.02. The van der Waals surface area contributed by atoms with Crippen molar-refractivity contribution in [2.45, 2.75) is 25.3 Å². The topological polar surface area (TPSA) is 94.4 Å². The molecule has 7 nitrogen and oxygen atoms in total. The second kappa shape index (κ2) is 5.62. The number of rotatable bonds is 4. The molecule has 1 aliphatic rings. The SMILES string of the molecule is CN(C(=O)c1cc([N+](=O)[O-])cn1C)C1CCCC1CN. The van der Waals surface area contributed by atoms with Gasteiger partial charge in [0.25, 0.3) is 11.6 Å². The Morgan fingerprint density at radius 2 is 2.30 bits per heavy atom. The normalized spacial score (nSPS) is 21.9. The summed E-state index contributed by atoms with van der Waals surface area (Å²) in [6.07, 6.45) is 4.40. The zero-order valence-electron chi connectivity index (χ0n) is 11.8. The third-order valence-corrected chi connectivity index (χ3v) is 4.16. The Bertz CT molecular complexity index is 526. The van der Waals surface area contributed by atoms with Crippen molar-refractivity contribution in [2.24, 2.45) is 18.7 Å². The van der Waals surface area contributed by atoms with Gasteiger partial charge in [0.05, 0.1) is 11.1 Å². The van der Waals surface area contributed by atoms with Crippen LogP contribution in [-0.4, -0.2) is 39.9 Å². The van der Waals surface area contributed by atoms with Crippen LogP contribution in [0.1, 0.15) is 29.8 Å². The lowest BCUT2D eigenvalue weighted by atomic mass is 10.0. The van der Waals surface area contributed by atoms with Crippen LogP contribution in [0.25, 0.3) is 0 Å². The zero-order chi connectivity index (χ0) is 14.9. The van der Waals surface area contributed by atoms with Crippen molar-refractivity contribution in [1.29, 1.82) is 0 Å². The number of amides is 1. The van der Waals surface area contributed by atoms with Gasteiger partial charge in [0.15, 0.2) is 0 Å². The van der Waals surface area contributed by atoms with Crippen molar-refractivity contribution in [3.8, 4) is 0 Å². The first-order valence-electron chi connectivity index (χ1n) is 6.73. The van der Waals surface area contributed by atoms with Crippen LogP contribution in [-0.2, 0) is 7.05 Å². The molecule has 2 rings (SSSR count). The molecule has 1 heterocycles. The summed E-state index contributed by atoms with van der Waals surface area (Å²) in [4.78, 5) is 24.4. The Kier molecular flexibility index (Phi) is 4.08. The summed E-state index contributed by atoms with van der Waals surface area (Å²) >= 11 is 0. The van der Waals surface area contributed by atoms with Crippen molar-refractivity contribution >= 4 is 11.6 Å². The number of aromatic nitrogens is 1. The smallest absolute Gasteiger partial charge is 0.287 e. The minimum Gasteiger partial charge on any atom is -0.340 e. The van der Waals surface area contributed by atoms with Crippen LogP contribution >= 0.6 is 0 Å². The van der Waals surface area contributed by atoms with E-state index in [9.17, 15) is 14.9 Å². The summed E-state index contributed by atoms with van der Waals surface area (Å²) in [5.74, 6) is 0.130. The van der Waals surface area contributed by atoms with Crippen molar-refractivity contribution in [2.75, 3.05) is 13.6 Å². The lowest BCUT2D eigenvalue weighted by molar-refractivity contribution is -0.384. The van der Waals surface area contributed by atoms with Crippen LogP contribution in [0.15, 0.2) is 12.3 Å². The van der Waals surface area contributed by atoms with Gasteiger partial charge in [0, 0.05) is 26.2 Å². The van der Waals surface area contributed by atoms with Crippen LogP contribution in [0.3, 0.4) is 0 Å². The maximum Gasteiger partial charge on any atom is 0.287 e. The van der Waals surface area contributed by atoms with E-state index in [4.69, 9.17) is 5.73 Å². The highest BCUT2D eigenvalue weighted by Crippen LogP contribution is 2.29. The van der Waals surface area contributed by atoms with E-state index in [-0.39, 0.29) is 17.6 Å². The third-order valence-electron chi connectivity index (χ3n) is 4.16. The molecule has 0 bridgehead atoms. The van der Waals surface area contributed by atoms with E-state index in [1.807, 2.05) is 0 Å². The van der Waals surface area contributed by atoms with E-state index in [2.05, 4.69) is 0 Å². The van der Waals surface area contributed by atoms with Gasteiger partial charge in [-0.25, -0.2) is 0 Å². The fourth-order valence-corrected chi connectivity index (χ4v) is 2.99. The molecule has 0 radical (unpaired) electrons. The molecule has 0 aliphatic heterocycles. The largest absolute Gasteiger partial charge is 0.340 e. The van der Waals surface area contributed by atoms with Gasteiger partial charge in [-0.2, -0.15) is 0 Å². The van der Waals surface area contributed by atoms with E-state index < -0.39 is 4.92 Å². The molecule has 1 aromatic heterocycles. The molecule has 1 aliphatic carbocycles. The summed E-state index contributed by atoms with van der Waals surface area (Å²) < 4.78 is 1.50. The first-order valence-corrected chi connectivity index (χ1v) is 6.73. The number of nitrogens with two attached hydrogens (primary N) is 1. The quantitative estimate of drug-likeness (QED) is 0.660. The van der Waals surface area contributed by atoms with Crippen molar-refractivity contribution in [1.82, 2.24) is 9.47 Å². The van der Waals surface area contributed by atoms with Crippen LogP contribution in [0, 0.1) is 16.0 Å². The molecule has 1 amide bonds. The third kappa shape index (κ3) is 2.53. The number of carbonyl (C=O) groups is 1. The summed E-state index contributed by atoms with van der Waals surface area (Å²) in [6.45, 7) is 0.565. The van der Waals surface area contributed by atoms with Crippen LogP contribution in [0.5, 0.6) is 0 Å². The van der Waals surface area contributed by atoms with Crippen LogP contribution in [0.2, 0.25) is 0 Å². The molecule has 2 atom stereocenters. The maximum absolute atomic E-state index is 12.5. The van der Waals surface area contributed by atoms with E-state index in [1.54, 1.807) is 19.0 Å². The minimum atomic E-state index is -0.491. The molecule has 2 N–H and O–H groups in total. The molecule has 110 valence electrons. The first kappa shape index (κ1) is 14.5. The van der Waals surface area contributed by atoms with Gasteiger partial charge >= 0.3 is 0 Å². The summed E-state index contributed by atoms with van der Waals surface area (Å²) in [6, 6.07) is 1.45. The van der Waals surface area contributed by atoms with E-state index in [1.165, 1.54) is 16.8 Å². The van der Waals surface area contributed by atoms with Gasteiger partial charge in [-0.05, 0) is 25.3 Å².